The van der Waals surface area contributed by atoms with Gasteiger partial charge in [0.25, 0.3) is 0 Å². The van der Waals surface area contributed by atoms with Crippen LogP contribution in [0, 0.1) is 0 Å². The summed E-state index contributed by atoms with van der Waals surface area (Å²) in [5.74, 6) is 0.162. The van der Waals surface area contributed by atoms with Gasteiger partial charge in [0.1, 0.15) is 0 Å². The van der Waals surface area contributed by atoms with E-state index in [4.69, 9.17) is 0 Å². The first kappa shape index (κ1) is 12.3. The molecule has 0 saturated carbocycles. The normalized spacial score (nSPS) is 29.2. The summed E-state index contributed by atoms with van der Waals surface area (Å²) in [6.45, 7) is 0. The molecule has 0 spiro atoms. The van der Waals surface area contributed by atoms with Crippen LogP contribution in [0.3, 0.4) is 0 Å². The quantitative estimate of drug-likeness (QED) is 0.911. The third-order valence-electron chi connectivity index (χ3n) is 4.47. The molecule has 1 N–H and O–H groups in total. The largest absolute Gasteiger partial charge is 0.393 e. The van der Waals surface area contributed by atoms with Crippen molar-refractivity contribution < 1.29 is 9.90 Å². The smallest absolute Gasteiger partial charge is 0.229 e. The molecule has 20 heavy (non-hydrogen) atoms. The number of aliphatic hydroxyl groups is 1. The van der Waals surface area contributed by atoms with Crippen LogP contribution in [0.1, 0.15) is 31.4 Å². The predicted molar refractivity (Wildman–Crippen MR) is 75.7 cm³/mol. The minimum Gasteiger partial charge on any atom is -0.393 e. The molecule has 0 radical (unpaired) electrons. The molecule has 2 fully saturated rings. The van der Waals surface area contributed by atoms with Gasteiger partial charge in [-0.15, -0.1) is 11.3 Å². The van der Waals surface area contributed by atoms with E-state index in [2.05, 4.69) is 4.98 Å². The Morgan fingerprint density at radius 1 is 1.40 bits per heavy atom. The van der Waals surface area contributed by atoms with Crippen molar-refractivity contribution >= 4 is 22.2 Å². The average Bonchev–Trinajstić information content (AvgIpc) is 3.02. The lowest BCUT2D eigenvalue weighted by Crippen LogP contribution is -2.48. The molecule has 5 nitrogen and oxygen atoms in total. The molecule has 4 heterocycles. The van der Waals surface area contributed by atoms with E-state index in [1.807, 2.05) is 27.1 Å². The van der Waals surface area contributed by atoms with Gasteiger partial charge in [0.05, 0.1) is 18.2 Å². The fourth-order valence-corrected chi connectivity index (χ4v) is 4.38. The number of carbonyl (C=O) groups is 1. The number of aliphatic hydroxyl groups excluding tert-OH is 1. The lowest BCUT2D eigenvalue weighted by atomic mass is 9.99. The van der Waals surface area contributed by atoms with Crippen LogP contribution in [0.2, 0.25) is 0 Å². The van der Waals surface area contributed by atoms with Gasteiger partial charge in [-0.1, -0.05) is 0 Å². The molecule has 1 amide bonds. The molecule has 106 valence electrons. The SMILES string of the molecule is O=C(Cc1cn2ccsc2n1)N1C2CCC1CC(O)C2. The van der Waals surface area contributed by atoms with E-state index in [0.717, 1.165) is 36.3 Å². The van der Waals surface area contributed by atoms with Gasteiger partial charge in [0.15, 0.2) is 4.96 Å². The third-order valence-corrected chi connectivity index (χ3v) is 5.24. The van der Waals surface area contributed by atoms with Gasteiger partial charge < -0.3 is 10.0 Å². The summed E-state index contributed by atoms with van der Waals surface area (Å²) in [5, 5.41) is 11.8. The van der Waals surface area contributed by atoms with Crippen molar-refractivity contribution in [3.05, 3.63) is 23.5 Å². The molecule has 2 aliphatic rings. The molecule has 0 aromatic carbocycles. The van der Waals surface area contributed by atoms with Crippen LogP contribution in [0.5, 0.6) is 0 Å². The molecular formula is C14H17N3O2S. The van der Waals surface area contributed by atoms with E-state index >= 15 is 0 Å². The highest BCUT2D eigenvalue weighted by atomic mass is 32.1. The first-order chi connectivity index (χ1) is 9.70. The highest BCUT2D eigenvalue weighted by molar-refractivity contribution is 7.15. The van der Waals surface area contributed by atoms with E-state index < -0.39 is 0 Å². The number of carbonyl (C=O) groups excluding carboxylic acids is 1. The molecule has 2 aromatic rings. The average molecular weight is 291 g/mol. The number of fused-ring (bicyclic) bond motifs is 3. The van der Waals surface area contributed by atoms with E-state index in [9.17, 15) is 9.90 Å². The van der Waals surface area contributed by atoms with E-state index in [1.165, 1.54) is 0 Å². The van der Waals surface area contributed by atoms with Crippen LogP contribution in [0.25, 0.3) is 4.96 Å². The Hall–Kier alpha value is -1.40. The van der Waals surface area contributed by atoms with Gasteiger partial charge in [0, 0.05) is 29.9 Å². The van der Waals surface area contributed by atoms with Gasteiger partial charge in [-0.3, -0.25) is 9.20 Å². The van der Waals surface area contributed by atoms with Crippen LogP contribution < -0.4 is 0 Å². The molecule has 2 aromatic heterocycles. The number of thiazole rings is 1. The van der Waals surface area contributed by atoms with Crippen molar-refractivity contribution in [2.75, 3.05) is 0 Å². The Bertz CT molecular complexity index is 607. The maximum absolute atomic E-state index is 12.5. The molecule has 2 atom stereocenters. The molecule has 2 bridgehead atoms. The van der Waals surface area contributed by atoms with Crippen LogP contribution in [-0.4, -0.2) is 43.5 Å². The van der Waals surface area contributed by atoms with Crippen molar-refractivity contribution in [3.8, 4) is 0 Å². The zero-order chi connectivity index (χ0) is 13.7. The number of nitrogens with zero attached hydrogens (tertiary/aromatic N) is 3. The molecule has 2 unspecified atom stereocenters. The number of piperidine rings is 1. The van der Waals surface area contributed by atoms with Crippen LogP contribution in [0.4, 0.5) is 0 Å². The first-order valence-electron chi connectivity index (χ1n) is 7.11. The molecule has 2 aliphatic heterocycles. The summed E-state index contributed by atoms with van der Waals surface area (Å²) in [6.07, 6.45) is 7.58. The summed E-state index contributed by atoms with van der Waals surface area (Å²) in [6, 6.07) is 0.472. The Morgan fingerprint density at radius 3 is 2.85 bits per heavy atom. The Balaban J connectivity index is 1.52. The molecular weight excluding hydrogens is 274 g/mol. The lowest BCUT2D eigenvalue weighted by Gasteiger charge is -2.37. The van der Waals surface area contributed by atoms with E-state index in [0.29, 0.717) is 6.42 Å². The number of hydrogen-bond acceptors (Lipinski definition) is 4. The van der Waals surface area contributed by atoms with Crippen molar-refractivity contribution in [2.45, 2.75) is 50.3 Å². The van der Waals surface area contributed by atoms with Gasteiger partial charge in [-0.25, -0.2) is 4.98 Å². The van der Waals surface area contributed by atoms with Gasteiger partial charge in [-0.2, -0.15) is 0 Å². The number of amides is 1. The van der Waals surface area contributed by atoms with Crippen molar-refractivity contribution in [3.63, 3.8) is 0 Å². The summed E-state index contributed by atoms with van der Waals surface area (Å²) < 4.78 is 1.96. The number of rotatable bonds is 2. The number of imidazole rings is 1. The summed E-state index contributed by atoms with van der Waals surface area (Å²) in [7, 11) is 0. The first-order valence-corrected chi connectivity index (χ1v) is 7.99. The third kappa shape index (κ3) is 1.94. The second-order valence-electron chi connectivity index (χ2n) is 5.81. The molecule has 2 saturated heterocycles. The monoisotopic (exact) mass is 291 g/mol. The maximum Gasteiger partial charge on any atom is 0.229 e. The molecule has 0 aliphatic carbocycles. The topological polar surface area (TPSA) is 57.8 Å². The fraction of sp³-hybridized carbons (Fsp3) is 0.571. The number of hydrogen-bond donors (Lipinski definition) is 1. The maximum atomic E-state index is 12.5. The Labute approximate surface area is 120 Å². The second kappa shape index (κ2) is 4.56. The second-order valence-corrected chi connectivity index (χ2v) is 6.69. The standard InChI is InChI=1S/C14H17N3O2S/c18-12-6-10-1-2-11(7-12)17(10)13(19)5-9-8-16-3-4-20-14(16)15-9/h3-4,8,10-12,18H,1-2,5-7H2. The van der Waals surface area contributed by atoms with Crippen LogP contribution in [0.15, 0.2) is 17.8 Å². The highest BCUT2D eigenvalue weighted by Gasteiger charge is 2.42. The lowest BCUT2D eigenvalue weighted by molar-refractivity contribution is -0.136. The van der Waals surface area contributed by atoms with Crippen molar-refractivity contribution in [1.82, 2.24) is 14.3 Å². The van der Waals surface area contributed by atoms with Crippen LogP contribution in [-0.2, 0) is 11.2 Å². The Morgan fingerprint density at radius 2 is 2.15 bits per heavy atom. The zero-order valence-electron chi connectivity index (χ0n) is 11.1. The minimum atomic E-state index is -0.227. The zero-order valence-corrected chi connectivity index (χ0v) is 11.9. The predicted octanol–water partition coefficient (Wildman–Crippen LogP) is 1.45. The Kier molecular flexibility index (Phi) is 2.82. The number of aromatic nitrogens is 2. The summed E-state index contributed by atoms with van der Waals surface area (Å²) >= 11 is 1.58. The fourth-order valence-electron chi connectivity index (χ4n) is 3.66. The molecule has 4 rings (SSSR count). The van der Waals surface area contributed by atoms with Gasteiger partial charge >= 0.3 is 0 Å². The summed E-state index contributed by atoms with van der Waals surface area (Å²) in [5.41, 5.74) is 0.840. The van der Waals surface area contributed by atoms with Crippen molar-refractivity contribution in [1.29, 1.82) is 0 Å². The minimum absolute atomic E-state index is 0.162. The van der Waals surface area contributed by atoms with Gasteiger partial charge in [-0.05, 0) is 25.7 Å². The van der Waals surface area contributed by atoms with Gasteiger partial charge in [0.2, 0.25) is 5.91 Å². The van der Waals surface area contributed by atoms with Crippen molar-refractivity contribution in [2.24, 2.45) is 0 Å². The molecule has 6 heteroatoms. The highest BCUT2D eigenvalue weighted by Crippen LogP contribution is 2.36. The van der Waals surface area contributed by atoms with E-state index in [-0.39, 0.29) is 24.1 Å². The van der Waals surface area contributed by atoms with Crippen LogP contribution >= 0.6 is 11.3 Å². The summed E-state index contributed by atoms with van der Waals surface area (Å²) in [4.78, 5) is 20.0. The van der Waals surface area contributed by atoms with E-state index in [1.54, 1.807) is 11.3 Å².